The number of benzene rings is 1. The Morgan fingerprint density at radius 3 is 2.62 bits per heavy atom. The average Bonchev–Trinajstić information content (AvgIpc) is 2.64. The van der Waals surface area contributed by atoms with Crippen LogP contribution in [-0.4, -0.2) is 11.7 Å². The molecular weight excluding hydrogens is 204 g/mol. The van der Waals surface area contributed by atoms with E-state index in [0.29, 0.717) is 29.8 Å². The van der Waals surface area contributed by atoms with Crippen LogP contribution in [0.5, 0.6) is 0 Å². The molecule has 0 radical (unpaired) electrons. The summed E-state index contributed by atoms with van der Waals surface area (Å²) < 4.78 is 0. The van der Waals surface area contributed by atoms with Crippen LogP contribution in [0.4, 0.5) is 5.69 Å². The normalized spacial score (nSPS) is 14.8. The molecule has 3 N–H and O–H groups in total. The van der Waals surface area contributed by atoms with Crippen molar-refractivity contribution in [3.8, 4) is 0 Å². The zero-order valence-electron chi connectivity index (χ0n) is 8.69. The van der Waals surface area contributed by atoms with Gasteiger partial charge in [0.2, 0.25) is 0 Å². The molecule has 4 nitrogen and oxygen atoms in total. The van der Waals surface area contributed by atoms with E-state index in [0.717, 1.165) is 0 Å². The Kier molecular flexibility index (Phi) is 2.72. The molecule has 4 heteroatoms. The van der Waals surface area contributed by atoms with Crippen LogP contribution in [0.15, 0.2) is 36.0 Å². The lowest BCUT2D eigenvalue weighted by Gasteiger charge is -2.07. The molecule has 0 fully saturated rings. The predicted molar refractivity (Wildman–Crippen MR) is 60.6 cm³/mol. The van der Waals surface area contributed by atoms with Crippen LogP contribution in [0.3, 0.4) is 0 Å². The maximum Gasteiger partial charge on any atom is 0.257 e. The number of nitrogen functional groups attached to an aromatic ring is 1. The van der Waals surface area contributed by atoms with Crippen molar-refractivity contribution in [3.05, 3.63) is 41.6 Å². The summed E-state index contributed by atoms with van der Waals surface area (Å²) in [6.07, 6.45) is 2.54. The van der Waals surface area contributed by atoms with Crippen molar-refractivity contribution in [2.45, 2.75) is 12.8 Å². The van der Waals surface area contributed by atoms with Gasteiger partial charge < -0.3 is 11.1 Å². The zero-order chi connectivity index (χ0) is 11.5. The van der Waals surface area contributed by atoms with Gasteiger partial charge in [-0.3, -0.25) is 9.59 Å². The molecule has 0 heterocycles. The summed E-state index contributed by atoms with van der Waals surface area (Å²) in [6, 6.07) is 6.84. The minimum Gasteiger partial charge on any atom is -0.398 e. The molecule has 1 aliphatic carbocycles. The van der Waals surface area contributed by atoms with Crippen molar-refractivity contribution >= 4 is 17.4 Å². The summed E-state index contributed by atoms with van der Waals surface area (Å²) in [4.78, 5) is 22.8. The number of nitrogens with one attached hydrogen (secondary N) is 1. The first-order valence-electron chi connectivity index (χ1n) is 5.06. The number of nitrogens with two attached hydrogens (primary N) is 1. The topological polar surface area (TPSA) is 72.2 Å². The number of allylic oxidation sites excluding steroid dienone is 2. The standard InChI is InChI=1S/C12H12N2O2/c13-11-4-2-1-3-10(11)12(16)14-8-5-6-9(15)7-8/h1-4,7H,5-6,13H2,(H,14,16). The molecule has 0 atom stereocenters. The van der Waals surface area contributed by atoms with E-state index < -0.39 is 0 Å². The van der Waals surface area contributed by atoms with Crippen molar-refractivity contribution in [1.82, 2.24) is 5.32 Å². The summed E-state index contributed by atoms with van der Waals surface area (Å²) in [7, 11) is 0. The minimum absolute atomic E-state index is 0.0522. The van der Waals surface area contributed by atoms with Gasteiger partial charge in [0.15, 0.2) is 5.78 Å². The van der Waals surface area contributed by atoms with E-state index in [4.69, 9.17) is 5.73 Å². The second kappa shape index (κ2) is 4.18. The quantitative estimate of drug-likeness (QED) is 0.731. The summed E-state index contributed by atoms with van der Waals surface area (Å²) in [6.45, 7) is 0. The van der Waals surface area contributed by atoms with Crippen molar-refractivity contribution < 1.29 is 9.59 Å². The Hall–Kier alpha value is -2.10. The minimum atomic E-state index is -0.265. The molecule has 0 aliphatic heterocycles. The first-order valence-corrected chi connectivity index (χ1v) is 5.06. The Labute approximate surface area is 93.1 Å². The third-order valence-corrected chi connectivity index (χ3v) is 2.46. The van der Waals surface area contributed by atoms with Gasteiger partial charge in [-0.25, -0.2) is 0 Å². The lowest BCUT2D eigenvalue weighted by Crippen LogP contribution is -2.22. The van der Waals surface area contributed by atoms with E-state index >= 15 is 0 Å². The fourth-order valence-electron chi connectivity index (χ4n) is 1.61. The molecule has 1 amide bonds. The molecule has 0 unspecified atom stereocenters. The number of ketones is 1. The average molecular weight is 216 g/mol. The maximum atomic E-state index is 11.8. The number of carbonyl (C=O) groups excluding carboxylic acids is 2. The van der Waals surface area contributed by atoms with Gasteiger partial charge in [0, 0.05) is 23.9 Å². The second-order valence-corrected chi connectivity index (χ2v) is 3.68. The first-order chi connectivity index (χ1) is 7.66. The fourth-order valence-corrected chi connectivity index (χ4v) is 1.61. The third-order valence-electron chi connectivity index (χ3n) is 2.46. The molecule has 0 spiro atoms. The van der Waals surface area contributed by atoms with Crippen molar-refractivity contribution in [3.63, 3.8) is 0 Å². The Morgan fingerprint density at radius 2 is 2.00 bits per heavy atom. The lowest BCUT2D eigenvalue weighted by atomic mass is 10.1. The zero-order valence-corrected chi connectivity index (χ0v) is 8.69. The second-order valence-electron chi connectivity index (χ2n) is 3.68. The highest BCUT2D eigenvalue weighted by Crippen LogP contribution is 2.15. The lowest BCUT2D eigenvalue weighted by molar-refractivity contribution is -0.114. The molecule has 1 aromatic rings. The first kappa shape index (κ1) is 10.4. The van der Waals surface area contributed by atoms with Crippen molar-refractivity contribution in [1.29, 1.82) is 0 Å². The number of hydrogen-bond donors (Lipinski definition) is 2. The number of hydrogen-bond acceptors (Lipinski definition) is 3. The molecule has 0 aromatic heterocycles. The summed E-state index contributed by atoms with van der Waals surface area (Å²) in [5.41, 5.74) is 7.21. The van der Waals surface area contributed by atoms with Gasteiger partial charge in [-0.1, -0.05) is 12.1 Å². The number of rotatable bonds is 2. The van der Waals surface area contributed by atoms with E-state index in [2.05, 4.69) is 5.32 Å². The SMILES string of the molecule is Nc1ccccc1C(=O)NC1=CC(=O)CC1. The highest BCUT2D eigenvalue weighted by Gasteiger charge is 2.15. The molecule has 0 saturated carbocycles. The van der Waals surface area contributed by atoms with Gasteiger partial charge in [-0.2, -0.15) is 0 Å². The van der Waals surface area contributed by atoms with Gasteiger partial charge in [-0.05, 0) is 18.6 Å². The van der Waals surface area contributed by atoms with E-state index in [9.17, 15) is 9.59 Å². The van der Waals surface area contributed by atoms with Crippen LogP contribution in [0.1, 0.15) is 23.2 Å². The molecule has 82 valence electrons. The van der Waals surface area contributed by atoms with E-state index in [1.54, 1.807) is 24.3 Å². The van der Waals surface area contributed by atoms with E-state index in [1.807, 2.05) is 0 Å². The van der Waals surface area contributed by atoms with Gasteiger partial charge in [0.25, 0.3) is 5.91 Å². The number of anilines is 1. The predicted octanol–water partition coefficient (Wildman–Crippen LogP) is 1.25. The van der Waals surface area contributed by atoms with Crippen LogP contribution in [0.2, 0.25) is 0 Å². The monoisotopic (exact) mass is 216 g/mol. The molecule has 1 aliphatic rings. The number of amides is 1. The summed E-state index contributed by atoms with van der Waals surface area (Å²) >= 11 is 0. The molecule has 0 bridgehead atoms. The fraction of sp³-hybridized carbons (Fsp3) is 0.167. The van der Waals surface area contributed by atoms with Crippen molar-refractivity contribution in [2.24, 2.45) is 0 Å². The van der Waals surface area contributed by atoms with Crippen LogP contribution >= 0.6 is 0 Å². The van der Waals surface area contributed by atoms with Crippen LogP contribution < -0.4 is 11.1 Å². The summed E-state index contributed by atoms with van der Waals surface area (Å²) in [5, 5.41) is 2.69. The largest absolute Gasteiger partial charge is 0.398 e. The highest BCUT2D eigenvalue weighted by atomic mass is 16.2. The smallest absolute Gasteiger partial charge is 0.257 e. The van der Waals surface area contributed by atoms with Crippen molar-refractivity contribution in [2.75, 3.05) is 5.73 Å². The molecular formula is C12H12N2O2. The van der Waals surface area contributed by atoms with E-state index in [-0.39, 0.29) is 11.7 Å². The number of carbonyl (C=O) groups is 2. The number of para-hydroxylation sites is 1. The van der Waals surface area contributed by atoms with Crippen LogP contribution in [-0.2, 0) is 4.79 Å². The molecule has 16 heavy (non-hydrogen) atoms. The van der Waals surface area contributed by atoms with Gasteiger partial charge >= 0.3 is 0 Å². The van der Waals surface area contributed by atoms with Gasteiger partial charge in [0.1, 0.15) is 0 Å². The van der Waals surface area contributed by atoms with Gasteiger partial charge in [-0.15, -0.1) is 0 Å². The Bertz CT molecular complexity index is 478. The van der Waals surface area contributed by atoms with E-state index in [1.165, 1.54) is 6.08 Å². The Balaban J connectivity index is 2.12. The highest BCUT2D eigenvalue weighted by molar-refractivity contribution is 6.01. The summed E-state index contributed by atoms with van der Waals surface area (Å²) in [5.74, 6) is -0.213. The third kappa shape index (κ3) is 2.11. The molecule has 1 aromatic carbocycles. The van der Waals surface area contributed by atoms with Gasteiger partial charge in [0.05, 0.1) is 5.56 Å². The van der Waals surface area contributed by atoms with Crippen LogP contribution in [0.25, 0.3) is 0 Å². The Morgan fingerprint density at radius 1 is 1.25 bits per heavy atom. The molecule has 0 saturated heterocycles. The van der Waals surface area contributed by atoms with Crippen LogP contribution in [0, 0.1) is 0 Å². The maximum absolute atomic E-state index is 11.8. The molecule has 2 rings (SSSR count).